The SMILES string of the molecule is CN(C)c1cc(CCCCc2ccccc2)c(O)c2c1C[C@H]1C[C@H]3C(N(C)C)C(=O)C(C(N)=O)=C(O)[C@@]3(O)C(=O)C1=C2O. The van der Waals surface area contributed by atoms with E-state index in [-0.39, 0.29) is 29.7 Å². The molecule has 0 spiro atoms. The van der Waals surface area contributed by atoms with E-state index in [2.05, 4.69) is 12.1 Å². The molecule has 1 saturated carbocycles. The van der Waals surface area contributed by atoms with Crippen molar-refractivity contribution in [3.05, 3.63) is 75.6 Å². The van der Waals surface area contributed by atoms with E-state index in [1.165, 1.54) is 10.5 Å². The first-order chi connectivity index (χ1) is 20.3. The van der Waals surface area contributed by atoms with Crippen LogP contribution in [0.1, 0.15) is 41.5 Å². The highest BCUT2D eigenvalue weighted by atomic mass is 16.3. The molecule has 3 aliphatic carbocycles. The zero-order chi connectivity index (χ0) is 31.4. The average molecular weight is 590 g/mol. The van der Waals surface area contributed by atoms with Crippen molar-refractivity contribution >= 4 is 28.9 Å². The summed E-state index contributed by atoms with van der Waals surface area (Å²) in [6.45, 7) is 0. The van der Waals surface area contributed by atoms with Gasteiger partial charge in [-0.3, -0.25) is 19.3 Å². The molecule has 10 nitrogen and oxygen atoms in total. The van der Waals surface area contributed by atoms with E-state index in [1.54, 1.807) is 14.1 Å². The van der Waals surface area contributed by atoms with Gasteiger partial charge < -0.3 is 31.1 Å². The number of phenols is 1. The van der Waals surface area contributed by atoms with Crippen LogP contribution < -0.4 is 10.6 Å². The molecule has 1 amide bonds. The number of amides is 1. The summed E-state index contributed by atoms with van der Waals surface area (Å²) >= 11 is 0. The first kappa shape index (κ1) is 30.3. The smallest absolute Gasteiger partial charge is 0.255 e. The van der Waals surface area contributed by atoms with Gasteiger partial charge >= 0.3 is 0 Å². The monoisotopic (exact) mass is 589 g/mol. The normalized spacial score (nSPS) is 25.0. The maximum atomic E-state index is 14.1. The number of anilines is 1. The van der Waals surface area contributed by atoms with Gasteiger partial charge in [0.25, 0.3) is 5.91 Å². The Morgan fingerprint density at radius 1 is 1.02 bits per heavy atom. The van der Waals surface area contributed by atoms with Crippen molar-refractivity contribution in [3.63, 3.8) is 0 Å². The lowest BCUT2D eigenvalue weighted by molar-refractivity contribution is -0.153. The predicted molar refractivity (Wildman–Crippen MR) is 162 cm³/mol. The Morgan fingerprint density at radius 3 is 2.28 bits per heavy atom. The van der Waals surface area contributed by atoms with E-state index in [1.807, 2.05) is 43.3 Å². The molecule has 0 aliphatic heterocycles. The van der Waals surface area contributed by atoms with E-state index in [9.17, 15) is 34.8 Å². The third kappa shape index (κ3) is 4.78. The van der Waals surface area contributed by atoms with Crippen LogP contribution in [0, 0.1) is 11.8 Å². The topological polar surface area (TPSA) is 165 Å². The van der Waals surface area contributed by atoms with Crippen LogP contribution in [-0.2, 0) is 33.6 Å². The minimum atomic E-state index is -2.65. The number of benzene rings is 2. The molecular weight excluding hydrogens is 550 g/mol. The second kappa shape index (κ2) is 11.2. The van der Waals surface area contributed by atoms with Gasteiger partial charge in [0.15, 0.2) is 11.4 Å². The number of primary amides is 1. The van der Waals surface area contributed by atoms with E-state index >= 15 is 0 Å². The van der Waals surface area contributed by atoms with Crippen molar-refractivity contribution in [3.8, 4) is 5.75 Å². The number of phenolic OH excluding ortho intramolecular Hbond substituents is 1. The van der Waals surface area contributed by atoms with Crippen molar-refractivity contribution in [2.45, 2.75) is 50.2 Å². The number of Topliss-reactive ketones (excluding diaryl/α,β-unsaturated/α-hetero) is 2. The van der Waals surface area contributed by atoms with Gasteiger partial charge in [0.2, 0.25) is 5.78 Å². The number of ketones is 2. The predicted octanol–water partition coefficient (Wildman–Crippen LogP) is 2.60. The maximum Gasteiger partial charge on any atom is 0.255 e. The number of rotatable bonds is 8. The standard InChI is InChI=1S/C33H39N3O7/c1-35(2)22-16-18(13-9-8-12-17-10-6-5-7-11-17)27(37)24-20(22)14-19-15-21-26(36(3)4)29(39)25(32(34)42)31(41)33(21,43)30(40)23(19)28(24)38/h5-7,10-11,16,19,21,26,37-38,41,43H,8-9,12-15H2,1-4H3,(H2,34,42)/t19-,21-,26?,33-/m0/s1. The fraction of sp³-hybridized carbons (Fsp3) is 0.424. The minimum Gasteiger partial charge on any atom is -0.508 e. The van der Waals surface area contributed by atoms with Crippen molar-refractivity contribution in [1.82, 2.24) is 4.90 Å². The van der Waals surface area contributed by atoms with Crippen LogP contribution in [0.2, 0.25) is 0 Å². The molecule has 6 N–H and O–H groups in total. The fourth-order valence-electron chi connectivity index (χ4n) is 7.22. The summed E-state index contributed by atoms with van der Waals surface area (Å²) < 4.78 is 0. The number of aliphatic hydroxyl groups excluding tert-OH is 2. The summed E-state index contributed by atoms with van der Waals surface area (Å²) in [7, 11) is 6.89. The Balaban J connectivity index is 1.58. The highest BCUT2D eigenvalue weighted by Gasteiger charge is 2.64. The highest BCUT2D eigenvalue weighted by molar-refractivity contribution is 6.24. The molecule has 2 aromatic carbocycles. The molecule has 3 aliphatic rings. The number of fused-ring (bicyclic) bond motifs is 3. The van der Waals surface area contributed by atoms with Crippen LogP contribution in [0.3, 0.4) is 0 Å². The molecule has 1 fully saturated rings. The van der Waals surface area contributed by atoms with Crippen LogP contribution >= 0.6 is 0 Å². The van der Waals surface area contributed by atoms with Crippen molar-refractivity contribution in [2.75, 3.05) is 33.1 Å². The molecule has 43 heavy (non-hydrogen) atoms. The van der Waals surface area contributed by atoms with Crippen molar-refractivity contribution in [1.29, 1.82) is 0 Å². The summed E-state index contributed by atoms with van der Waals surface area (Å²) in [4.78, 5) is 43.0. The number of likely N-dealkylation sites (N-methyl/N-ethyl adjacent to an activating group) is 1. The molecule has 4 atom stereocenters. The number of hydrogen-bond acceptors (Lipinski definition) is 9. The number of nitrogens with two attached hydrogens (primary N) is 1. The fourth-order valence-corrected chi connectivity index (χ4v) is 7.22. The summed E-state index contributed by atoms with van der Waals surface area (Å²) in [6, 6.07) is 10.9. The van der Waals surface area contributed by atoms with Gasteiger partial charge in [-0.25, -0.2) is 0 Å². The number of nitrogens with zero attached hydrogens (tertiary/aromatic N) is 2. The number of unbranched alkanes of at least 4 members (excludes halogenated alkanes) is 1. The lowest BCUT2D eigenvalue weighted by atomic mass is 9.57. The lowest BCUT2D eigenvalue weighted by Gasteiger charge is -2.50. The third-order valence-corrected chi connectivity index (χ3v) is 9.26. The van der Waals surface area contributed by atoms with Gasteiger partial charge in [-0.15, -0.1) is 0 Å². The highest BCUT2D eigenvalue weighted by Crippen LogP contribution is 2.54. The third-order valence-electron chi connectivity index (χ3n) is 9.26. The quantitative estimate of drug-likeness (QED) is 0.230. The summed E-state index contributed by atoms with van der Waals surface area (Å²) in [6.07, 6.45) is 3.41. The molecule has 0 saturated heterocycles. The van der Waals surface area contributed by atoms with Gasteiger partial charge in [0.1, 0.15) is 22.8 Å². The molecular formula is C33H39N3O7. The van der Waals surface area contributed by atoms with Crippen molar-refractivity contribution < 1.29 is 34.8 Å². The number of aromatic hydroxyl groups is 1. The largest absolute Gasteiger partial charge is 0.508 e. The Bertz CT molecular complexity index is 1560. The molecule has 0 bridgehead atoms. The second-order valence-electron chi connectivity index (χ2n) is 12.3. The summed E-state index contributed by atoms with van der Waals surface area (Å²) in [5.41, 5.74) is 5.20. The van der Waals surface area contributed by atoms with E-state index < -0.39 is 58.0 Å². The number of hydrogen-bond donors (Lipinski definition) is 5. The molecule has 5 rings (SSSR count). The maximum absolute atomic E-state index is 14.1. The Kier molecular flexibility index (Phi) is 7.87. The first-order valence-corrected chi connectivity index (χ1v) is 14.5. The summed E-state index contributed by atoms with van der Waals surface area (Å²) in [5.74, 6) is -6.44. The van der Waals surface area contributed by atoms with Gasteiger partial charge in [-0.05, 0) is 81.3 Å². The zero-order valence-corrected chi connectivity index (χ0v) is 24.9. The van der Waals surface area contributed by atoms with Gasteiger partial charge in [-0.1, -0.05) is 30.3 Å². The van der Waals surface area contributed by atoms with Crippen LogP contribution in [0.15, 0.2) is 53.3 Å². The average Bonchev–Trinajstić information content (AvgIpc) is 2.94. The number of aryl methyl sites for hydroxylation is 2. The molecule has 228 valence electrons. The number of aliphatic hydroxyl groups is 3. The van der Waals surface area contributed by atoms with Gasteiger partial charge in [0.05, 0.1) is 11.6 Å². The van der Waals surface area contributed by atoms with Crippen LogP contribution in [0.25, 0.3) is 5.76 Å². The van der Waals surface area contributed by atoms with Crippen LogP contribution in [0.4, 0.5) is 5.69 Å². The molecule has 0 heterocycles. The van der Waals surface area contributed by atoms with Gasteiger partial charge in [-0.2, -0.15) is 0 Å². The van der Waals surface area contributed by atoms with Crippen molar-refractivity contribution in [2.24, 2.45) is 17.6 Å². The second-order valence-corrected chi connectivity index (χ2v) is 12.3. The van der Waals surface area contributed by atoms with Crippen LogP contribution in [-0.4, -0.2) is 82.6 Å². The Hall–Kier alpha value is -4.15. The molecule has 1 unspecified atom stereocenters. The number of carbonyl (C=O) groups is 3. The molecule has 0 aromatic heterocycles. The lowest BCUT2D eigenvalue weighted by Crippen LogP contribution is -2.65. The zero-order valence-electron chi connectivity index (χ0n) is 24.9. The first-order valence-electron chi connectivity index (χ1n) is 14.5. The Labute approximate surface area is 250 Å². The minimum absolute atomic E-state index is 0.0562. The Morgan fingerprint density at radius 2 is 1.67 bits per heavy atom. The van der Waals surface area contributed by atoms with E-state index in [0.29, 0.717) is 17.5 Å². The molecule has 2 aromatic rings. The van der Waals surface area contributed by atoms with E-state index in [4.69, 9.17) is 5.73 Å². The van der Waals surface area contributed by atoms with Gasteiger partial charge in [0, 0.05) is 31.3 Å². The van der Waals surface area contributed by atoms with E-state index in [0.717, 1.165) is 24.9 Å². The molecule has 10 heteroatoms. The summed E-state index contributed by atoms with van der Waals surface area (Å²) in [5, 5.41) is 46.0. The number of carbonyl (C=O) groups excluding carboxylic acids is 3. The molecule has 0 radical (unpaired) electrons. The van der Waals surface area contributed by atoms with Crippen LogP contribution in [0.5, 0.6) is 5.75 Å².